The number of halogens is 1. The maximum atomic E-state index is 14.2. The smallest absolute Gasteiger partial charge is 0.244 e. The number of nitrogens with two attached hydrogens (primary N) is 1. The highest BCUT2D eigenvalue weighted by atomic mass is 32.2. The SMILES string of the molecule is NS(=O)(=O)c1ccc(CNc2nc(Nc3cnn(CC(=O)N4CCCCC4)c3)ncc2F)cc1. The fourth-order valence-electron chi connectivity index (χ4n) is 3.56. The van der Waals surface area contributed by atoms with Crippen LogP contribution in [0.4, 0.5) is 21.8 Å². The first-order chi connectivity index (χ1) is 16.3. The fourth-order valence-corrected chi connectivity index (χ4v) is 4.08. The summed E-state index contributed by atoms with van der Waals surface area (Å²) in [7, 11) is -3.78. The van der Waals surface area contributed by atoms with Gasteiger partial charge >= 0.3 is 0 Å². The molecule has 3 heterocycles. The molecule has 0 bridgehead atoms. The Kier molecular flexibility index (Phi) is 7.03. The largest absolute Gasteiger partial charge is 0.363 e. The summed E-state index contributed by atoms with van der Waals surface area (Å²) in [6, 6.07) is 5.90. The number of benzene rings is 1. The molecule has 0 aliphatic carbocycles. The zero-order valence-corrected chi connectivity index (χ0v) is 19.1. The van der Waals surface area contributed by atoms with Gasteiger partial charge in [-0.2, -0.15) is 10.1 Å². The van der Waals surface area contributed by atoms with Gasteiger partial charge in [-0.1, -0.05) is 12.1 Å². The average Bonchev–Trinajstić information content (AvgIpc) is 3.26. The van der Waals surface area contributed by atoms with Crippen LogP contribution in [0.3, 0.4) is 0 Å². The Morgan fingerprint density at radius 2 is 1.85 bits per heavy atom. The average molecular weight is 489 g/mol. The summed E-state index contributed by atoms with van der Waals surface area (Å²) in [4.78, 5) is 22.3. The van der Waals surface area contributed by atoms with Crippen molar-refractivity contribution in [1.29, 1.82) is 0 Å². The lowest BCUT2D eigenvalue weighted by Crippen LogP contribution is -2.37. The van der Waals surface area contributed by atoms with E-state index in [0.717, 1.165) is 38.5 Å². The van der Waals surface area contributed by atoms with Crippen molar-refractivity contribution in [3.63, 3.8) is 0 Å². The predicted molar refractivity (Wildman–Crippen MR) is 123 cm³/mol. The molecule has 180 valence electrons. The topological polar surface area (TPSA) is 148 Å². The van der Waals surface area contributed by atoms with Crippen LogP contribution < -0.4 is 15.8 Å². The summed E-state index contributed by atoms with van der Waals surface area (Å²) in [5.74, 6) is -0.499. The third-order valence-electron chi connectivity index (χ3n) is 5.35. The van der Waals surface area contributed by atoms with Crippen LogP contribution in [-0.2, 0) is 27.9 Å². The Morgan fingerprint density at radius 1 is 1.12 bits per heavy atom. The molecule has 0 radical (unpaired) electrons. The number of rotatable bonds is 8. The quantitative estimate of drug-likeness (QED) is 0.435. The lowest BCUT2D eigenvalue weighted by molar-refractivity contribution is -0.132. The lowest BCUT2D eigenvalue weighted by atomic mass is 10.1. The molecule has 1 aliphatic heterocycles. The van der Waals surface area contributed by atoms with Gasteiger partial charge in [0.05, 0.1) is 23.0 Å². The van der Waals surface area contributed by atoms with Crippen molar-refractivity contribution in [3.8, 4) is 0 Å². The van der Waals surface area contributed by atoms with Crippen LogP contribution in [0.5, 0.6) is 0 Å². The number of hydrogen-bond donors (Lipinski definition) is 3. The van der Waals surface area contributed by atoms with Gasteiger partial charge in [-0.15, -0.1) is 0 Å². The molecule has 0 spiro atoms. The molecule has 2 aromatic heterocycles. The molecular formula is C21H25FN8O3S. The number of anilines is 3. The molecule has 0 saturated carbocycles. The maximum Gasteiger partial charge on any atom is 0.244 e. The van der Waals surface area contributed by atoms with Gasteiger partial charge in [0, 0.05) is 25.8 Å². The highest BCUT2D eigenvalue weighted by Gasteiger charge is 2.17. The van der Waals surface area contributed by atoms with Gasteiger partial charge in [-0.3, -0.25) is 9.48 Å². The third-order valence-corrected chi connectivity index (χ3v) is 6.28. The molecule has 34 heavy (non-hydrogen) atoms. The van der Waals surface area contributed by atoms with E-state index in [1.165, 1.54) is 23.0 Å². The molecule has 4 rings (SSSR count). The van der Waals surface area contributed by atoms with E-state index in [1.54, 1.807) is 18.3 Å². The molecule has 11 nitrogen and oxygen atoms in total. The first-order valence-electron chi connectivity index (χ1n) is 10.7. The van der Waals surface area contributed by atoms with Crippen molar-refractivity contribution in [2.75, 3.05) is 23.7 Å². The number of amides is 1. The van der Waals surface area contributed by atoms with Crippen molar-refractivity contribution in [2.24, 2.45) is 5.14 Å². The minimum Gasteiger partial charge on any atom is -0.363 e. The number of aromatic nitrogens is 4. The molecule has 1 aliphatic rings. The zero-order chi connectivity index (χ0) is 24.1. The summed E-state index contributed by atoms with van der Waals surface area (Å²) in [6.07, 6.45) is 7.43. The zero-order valence-electron chi connectivity index (χ0n) is 18.3. The Bertz CT molecular complexity index is 1260. The second-order valence-electron chi connectivity index (χ2n) is 7.93. The van der Waals surface area contributed by atoms with Crippen molar-refractivity contribution in [2.45, 2.75) is 37.2 Å². The van der Waals surface area contributed by atoms with E-state index in [4.69, 9.17) is 5.14 Å². The summed E-state index contributed by atoms with van der Waals surface area (Å²) < 4.78 is 38.4. The standard InChI is InChI=1S/C21H25FN8O3S/c22-18-12-25-21(28-20(18)24-10-15-4-6-17(7-5-15)34(23,32)33)27-16-11-26-30(13-16)14-19(31)29-8-2-1-3-9-29/h4-7,11-13H,1-3,8-10,14H2,(H2,23,32,33)(H2,24,25,27,28). The predicted octanol–water partition coefficient (Wildman–Crippen LogP) is 1.83. The highest BCUT2D eigenvalue weighted by Crippen LogP contribution is 2.18. The van der Waals surface area contributed by atoms with Crippen molar-refractivity contribution in [1.82, 2.24) is 24.6 Å². The maximum absolute atomic E-state index is 14.2. The molecular weight excluding hydrogens is 463 g/mol. The number of likely N-dealkylation sites (tertiary alicyclic amines) is 1. The first-order valence-corrected chi connectivity index (χ1v) is 12.3. The van der Waals surface area contributed by atoms with Crippen molar-refractivity contribution < 1.29 is 17.6 Å². The number of nitrogens with zero attached hydrogens (tertiary/aromatic N) is 5. The number of carbonyl (C=O) groups is 1. The van der Waals surface area contributed by atoms with Crippen molar-refractivity contribution >= 4 is 33.4 Å². The fraction of sp³-hybridized carbons (Fsp3) is 0.333. The van der Waals surface area contributed by atoms with Crippen LogP contribution in [0, 0.1) is 5.82 Å². The van der Waals surface area contributed by atoms with E-state index in [1.807, 2.05) is 4.90 Å². The third kappa shape index (κ3) is 6.05. The van der Waals surface area contributed by atoms with Gasteiger partial charge in [-0.25, -0.2) is 22.9 Å². The van der Waals surface area contributed by atoms with Crippen LogP contribution in [0.2, 0.25) is 0 Å². The van der Waals surface area contributed by atoms with Crippen molar-refractivity contribution in [3.05, 3.63) is 54.2 Å². The molecule has 1 aromatic carbocycles. The van der Waals surface area contributed by atoms with E-state index in [-0.39, 0.29) is 35.7 Å². The Balaban J connectivity index is 1.36. The Labute approximate surface area is 196 Å². The first kappa shape index (κ1) is 23.6. The second kappa shape index (κ2) is 10.1. The summed E-state index contributed by atoms with van der Waals surface area (Å²) in [6.45, 7) is 1.90. The number of carbonyl (C=O) groups excluding carboxylic acids is 1. The Morgan fingerprint density at radius 3 is 2.56 bits per heavy atom. The molecule has 1 fully saturated rings. The minimum atomic E-state index is -3.78. The molecule has 0 atom stereocenters. The van der Waals surface area contributed by atoms with E-state index in [2.05, 4.69) is 25.7 Å². The lowest BCUT2D eigenvalue weighted by Gasteiger charge is -2.26. The van der Waals surface area contributed by atoms with Gasteiger partial charge in [0.25, 0.3) is 0 Å². The molecule has 1 saturated heterocycles. The monoisotopic (exact) mass is 488 g/mol. The number of sulfonamides is 1. The van der Waals surface area contributed by atoms with Gasteiger partial charge in [0.15, 0.2) is 11.6 Å². The second-order valence-corrected chi connectivity index (χ2v) is 9.49. The van der Waals surface area contributed by atoms with Crippen LogP contribution in [0.25, 0.3) is 0 Å². The van der Waals surface area contributed by atoms with E-state index in [0.29, 0.717) is 11.3 Å². The van der Waals surface area contributed by atoms with E-state index >= 15 is 0 Å². The molecule has 4 N–H and O–H groups in total. The normalized spacial score (nSPS) is 14.1. The van der Waals surface area contributed by atoms with E-state index < -0.39 is 15.8 Å². The number of hydrogen-bond acceptors (Lipinski definition) is 8. The minimum absolute atomic E-state index is 0.00544. The van der Waals surface area contributed by atoms with Gasteiger partial charge in [0.1, 0.15) is 6.54 Å². The summed E-state index contributed by atoms with van der Waals surface area (Å²) in [5, 5.41) is 15.1. The number of piperidine rings is 1. The molecule has 0 unspecified atom stereocenters. The van der Waals surface area contributed by atoms with Crippen LogP contribution in [-0.4, -0.2) is 52.1 Å². The van der Waals surface area contributed by atoms with Gasteiger partial charge < -0.3 is 15.5 Å². The molecule has 3 aromatic rings. The summed E-state index contributed by atoms with van der Waals surface area (Å²) >= 11 is 0. The number of nitrogens with one attached hydrogen (secondary N) is 2. The highest BCUT2D eigenvalue weighted by molar-refractivity contribution is 7.89. The van der Waals surface area contributed by atoms with Gasteiger partial charge in [0.2, 0.25) is 21.9 Å². The Hall–Kier alpha value is -3.58. The van der Waals surface area contributed by atoms with Gasteiger partial charge in [-0.05, 0) is 37.0 Å². The number of primary sulfonamides is 1. The van der Waals surface area contributed by atoms with Crippen LogP contribution in [0.1, 0.15) is 24.8 Å². The summed E-state index contributed by atoms with van der Waals surface area (Å²) in [5.41, 5.74) is 1.27. The van der Waals surface area contributed by atoms with E-state index in [9.17, 15) is 17.6 Å². The molecule has 13 heteroatoms. The molecule has 1 amide bonds. The van der Waals surface area contributed by atoms with Crippen LogP contribution in [0.15, 0.2) is 47.8 Å². The van der Waals surface area contributed by atoms with Crippen LogP contribution >= 0.6 is 0 Å².